The lowest BCUT2D eigenvalue weighted by atomic mass is 10.0. The van der Waals surface area contributed by atoms with E-state index in [9.17, 15) is 4.79 Å². The van der Waals surface area contributed by atoms with Gasteiger partial charge in [-0.25, -0.2) is 9.36 Å². The smallest absolute Gasteiger partial charge is 0.242 e. The van der Waals surface area contributed by atoms with E-state index in [1.54, 1.807) is 9.36 Å². The third-order valence-corrected chi connectivity index (χ3v) is 9.30. The molecule has 6 rings (SSSR count). The van der Waals surface area contributed by atoms with Crippen molar-refractivity contribution < 1.29 is 9.63 Å². The predicted octanol–water partition coefficient (Wildman–Crippen LogP) is 6.62. The van der Waals surface area contributed by atoms with Crippen LogP contribution in [0.1, 0.15) is 36.0 Å². The number of nitrogens with one attached hydrogen (secondary N) is 4. The summed E-state index contributed by atoms with van der Waals surface area (Å²) in [5.74, 6) is 0.571. The molecule has 4 N–H and O–H groups in total. The molecule has 16 heteroatoms. The summed E-state index contributed by atoms with van der Waals surface area (Å²) in [5.41, 5.74) is 11.0. The van der Waals surface area contributed by atoms with Crippen molar-refractivity contribution in [3.63, 3.8) is 0 Å². The Morgan fingerprint density at radius 3 is 1.98 bits per heavy atom. The van der Waals surface area contributed by atoms with Crippen molar-refractivity contribution in [3.05, 3.63) is 136 Å². The van der Waals surface area contributed by atoms with Gasteiger partial charge in [0, 0.05) is 44.9 Å². The molecule has 0 bridgehead atoms. The van der Waals surface area contributed by atoms with E-state index >= 15 is 0 Å². The minimum atomic E-state index is -0.0475. The number of hydrogen-bond acceptors (Lipinski definition) is 11. The van der Waals surface area contributed by atoms with Gasteiger partial charge in [-0.05, 0) is 121 Å². The van der Waals surface area contributed by atoms with Gasteiger partial charge in [0.25, 0.3) is 0 Å². The largest absolute Gasteiger partial charge is 0.394 e. The van der Waals surface area contributed by atoms with Crippen LogP contribution in [0.4, 0.5) is 17.1 Å². The second-order valence-corrected chi connectivity index (χ2v) is 13.5. The summed E-state index contributed by atoms with van der Waals surface area (Å²) in [4.78, 5) is 20.7. The van der Waals surface area contributed by atoms with Gasteiger partial charge in [-0.1, -0.05) is 75.3 Å². The van der Waals surface area contributed by atoms with Crippen LogP contribution in [0.3, 0.4) is 0 Å². The first-order valence-electron chi connectivity index (χ1n) is 17.4. The molecule has 0 aliphatic rings. The average molecular weight is 763 g/mol. The predicted molar refractivity (Wildman–Crippen MR) is 215 cm³/mol. The fourth-order valence-corrected chi connectivity index (χ4v) is 6.19. The standard InChI is InChI=1S/C38H42N12O2S2/c1-27(18-19-28-11-6-15-34(25-28)49-37(53)40-42-44-49)52-46-48(3)33-14-5-10-30(24-33)21-20-29-9-4-13-32(23-29)47(2)22-8-17-36(51)39-31-12-7-16-35(26-31)50-38(54)41-43-45-50/h4-7,9-16,23-26,46H,1,8,17-22H2,2-3H3,(H,39,51)(H,40,44,53)(H,41,45,54). The summed E-state index contributed by atoms with van der Waals surface area (Å²) in [6, 6.07) is 32.3. The molecule has 1 amide bonds. The minimum Gasteiger partial charge on any atom is -0.394 e. The second-order valence-electron chi connectivity index (χ2n) is 12.8. The number of amides is 1. The number of H-pyrrole nitrogens is 2. The molecule has 0 atom stereocenters. The number of benzene rings is 4. The summed E-state index contributed by atoms with van der Waals surface area (Å²) in [6.45, 7) is 4.83. The Balaban J connectivity index is 0.923. The number of carbonyl (C=O) groups excluding carboxylic acids is 1. The number of aryl methyl sites for hydroxylation is 3. The highest BCUT2D eigenvalue weighted by Gasteiger charge is 2.10. The fourth-order valence-electron chi connectivity index (χ4n) is 5.81. The van der Waals surface area contributed by atoms with E-state index in [1.165, 1.54) is 11.1 Å². The summed E-state index contributed by atoms with van der Waals surface area (Å²) in [6.07, 6.45) is 4.26. The van der Waals surface area contributed by atoms with Crippen LogP contribution in [-0.2, 0) is 28.9 Å². The second kappa shape index (κ2) is 18.2. The molecule has 0 aliphatic heterocycles. The highest BCUT2D eigenvalue weighted by Crippen LogP contribution is 2.21. The zero-order valence-electron chi connectivity index (χ0n) is 30.1. The molecule has 0 radical (unpaired) electrons. The van der Waals surface area contributed by atoms with Gasteiger partial charge in [-0.3, -0.25) is 9.80 Å². The number of allylic oxidation sites excluding steroid dienone is 1. The third kappa shape index (κ3) is 10.3. The monoisotopic (exact) mass is 762 g/mol. The Hall–Kier alpha value is -5.97. The first kappa shape index (κ1) is 37.8. The lowest BCUT2D eigenvalue weighted by Crippen LogP contribution is -2.34. The maximum Gasteiger partial charge on any atom is 0.242 e. The highest BCUT2D eigenvalue weighted by atomic mass is 32.1. The minimum absolute atomic E-state index is 0.0475. The molecule has 0 unspecified atom stereocenters. The number of rotatable bonds is 18. The normalized spacial score (nSPS) is 10.9. The highest BCUT2D eigenvalue weighted by molar-refractivity contribution is 7.71. The summed E-state index contributed by atoms with van der Waals surface area (Å²) >= 11 is 10.4. The van der Waals surface area contributed by atoms with Crippen molar-refractivity contribution >= 4 is 47.4 Å². The van der Waals surface area contributed by atoms with Crippen LogP contribution < -0.4 is 20.8 Å². The number of tetrazole rings is 2. The molecule has 14 nitrogen and oxygen atoms in total. The summed E-state index contributed by atoms with van der Waals surface area (Å²) in [7, 11) is 3.97. The van der Waals surface area contributed by atoms with Gasteiger partial charge in [-0.2, -0.15) is 10.4 Å². The van der Waals surface area contributed by atoms with Crippen molar-refractivity contribution in [2.24, 2.45) is 0 Å². The maximum atomic E-state index is 12.7. The summed E-state index contributed by atoms with van der Waals surface area (Å²) in [5, 5.41) is 25.4. The van der Waals surface area contributed by atoms with E-state index in [-0.39, 0.29) is 5.91 Å². The number of anilines is 3. The van der Waals surface area contributed by atoms with Crippen LogP contribution >= 0.6 is 24.4 Å². The molecule has 0 aliphatic carbocycles. The molecular formula is C38H42N12O2S2. The van der Waals surface area contributed by atoms with Crippen LogP contribution in [0.25, 0.3) is 11.4 Å². The Morgan fingerprint density at radius 1 is 0.759 bits per heavy atom. The number of hydrazine groups is 1. The van der Waals surface area contributed by atoms with E-state index in [0.717, 1.165) is 54.1 Å². The lowest BCUT2D eigenvalue weighted by Gasteiger charge is -2.22. The van der Waals surface area contributed by atoms with Gasteiger partial charge < -0.3 is 15.1 Å². The molecule has 278 valence electrons. The molecule has 6 aromatic rings. The zero-order chi connectivity index (χ0) is 37.9. The Bertz CT molecular complexity index is 2310. The van der Waals surface area contributed by atoms with Crippen molar-refractivity contribution in [2.75, 3.05) is 35.9 Å². The van der Waals surface area contributed by atoms with E-state index in [2.05, 4.69) is 109 Å². The van der Waals surface area contributed by atoms with Gasteiger partial charge in [0.05, 0.1) is 17.1 Å². The zero-order valence-corrected chi connectivity index (χ0v) is 31.7. The third-order valence-electron chi connectivity index (χ3n) is 8.77. The van der Waals surface area contributed by atoms with Gasteiger partial charge >= 0.3 is 0 Å². The van der Waals surface area contributed by atoms with E-state index < -0.39 is 0 Å². The molecule has 2 aromatic heterocycles. The van der Waals surface area contributed by atoms with Crippen LogP contribution in [0.2, 0.25) is 0 Å². The number of aromatic nitrogens is 8. The van der Waals surface area contributed by atoms with Gasteiger partial charge in [0.2, 0.25) is 15.4 Å². The Labute approximate surface area is 323 Å². The molecule has 0 saturated heterocycles. The van der Waals surface area contributed by atoms with Crippen LogP contribution in [0, 0.1) is 9.54 Å². The Morgan fingerprint density at radius 2 is 1.33 bits per heavy atom. The van der Waals surface area contributed by atoms with Gasteiger partial charge in [-0.15, -0.1) is 0 Å². The van der Waals surface area contributed by atoms with Crippen molar-refractivity contribution in [2.45, 2.75) is 38.5 Å². The molecule has 0 spiro atoms. The Kier molecular flexibility index (Phi) is 12.7. The van der Waals surface area contributed by atoms with Gasteiger partial charge in [0.1, 0.15) is 5.76 Å². The number of hydrogen-bond donors (Lipinski definition) is 4. The van der Waals surface area contributed by atoms with E-state index in [1.807, 2.05) is 60.6 Å². The number of aromatic amines is 2. The first-order chi connectivity index (χ1) is 26.2. The molecule has 54 heavy (non-hydrogen) atoms. The molecule has 2 heterocycles. The fraction of sp³-hybridized carbons (Fsp3) is 0.237. The first-order valence-corrected chi connectivity index (χ1v) is 18.3. The number of nitrogens with zero attached hydrogens (tertiary/aromatic N) is 8. The van der Waals surface area contributed by atoms with Crippen LogP contribution in [0.5, 0.6) is 0 Å². The quantitative estimate of drug-likeness (QED) is 0.0425. The number of carbonyl (C=O) groups is 1. The molecule has 0 fully saturated rings. The van der Waals surface area contributed by atoms with Crippen LogP contribution in [0.15, 0.2) is 109 Å². The molecule has 0 saturated carbocycles. The van der Waals surface area contributed by atoms with Crippen LogP contribution in [-0.4, -0.2) is 67.0 Å². The lowest BCUT2D eigenvalue weighted by molar-refractivity contribution is -0.116. The topological polar surface area (TPSA) is 150 Å². The van der Waals surface area contributed by atoms with Crippen molar-refractivity contribution in [1.29, 1.82) is 0 Å². The van der Waals surface area contributed by atoms with E-state index in [0.29, 0.717) is 40.3 Å². The maximum absolute atomic E-state index is 12.7. The van der Waals surface area contributed by atoms with Crippen molar-refractivity contribution in [1.82, 2.24) is 46.0 Å². The van der Waals surface area contributed by atoms with Crippen molar-refractivity contribution in [3.8, 4) is 11.4 Å². The molecular weight excluding hydrogens is 721 g/mol. The summed E-state index contributed by atoms with van der Waals surface area (Å²) < 4.78 is 3.91. The van der Waals surface area contributed by atoms with Gasteiger partial charge in [0.15, 0.2) is 0 Å². The SMILES string of the molecule is C=C(CCc1cccc(-n2[nH]nnc2=S)c1)ONN(C)c1cccc(CCc2cccc(N(C)CCCC(=O)Nc3cccc(-n4[nH]nnc4=S)c3)c2)c1. The van der Waals surface area contributed by atoms with E-state index in [4.69, 9.17) is 29.3 Å². The molecule has 4 aromatic carbocycles. The average Bonchev–Trinajstić information content (AvgIpc) is 3.83.